The smallest absolute Gasteiger partial charge is 0.231 e. The number of benzene rings is 7. The Morgan fingerprint density at radius 3 is 1.06 bits per heavy atom. The van der Waals surface area contributed by atoms with E-state index < -0.39 is 5.95 Å². The Morgan fingerprint density at radius 2 is 0.678 bits per heavy atom. The lowest BCUT2D eigenvalue weighted by Crippen LogP contribution is -2.44. The van der Waals surface area contributed by atoms with Crippen molar-refractivity contribution < 1.29 is 22.3 Å². The number of halogens is 4. The first-order valence-corrected chi connectivity index (χ1v) is 41.9. The van der Waals surface area contributed by atoms with Crippen LogP contribution in [0.15, 0.2) is 250 Å². The fourth-order valence-electron chi connectivity index (χ4n) is 16.3. The number of aryl methyl sites for hydroxylation is 7. The van der Waals surface area contributed by atoms with E-state index >= 15 is 0 Å². The molecule has 0 N–H and O–H groups in total. The van der Waals surface area contributed by atoms with E-state index in [-0.39, 0.29) is 17.5 Å². The topological polar surface area (TPSA) is 148 Å². The van der Waals surface area contributed by atoms with Gasteiger partial charge in [-0.1, -0.05) is 66.2 Å². The summed E-state index contributed by atoms with van der Waals surface area (Å²) in [7, 11) is 4.40. The van der Waals surface area contributed by atoms with Crippen LogP contribution in [-0.4, -0.2) is 195 Å². The van der Waals surface area contributed by atoms with Gasteiger partial charge in [0.25, 0.3) is 0 Å². The Kier molecular flexibility index (Phi) is 26.2. The van der Waals surface area contributed by atoms with Crippen LogP contribution in [0.3, 0.4) is 0 Å². The summed E-state index contributed by atoms with van der Waals surface area (Å²) in [6, 6.07) is 62.8. The first-order chi connectivity index (χ1) is 59.1. The van der Waals surface area contributed by atoms with Crippen LogP contribution in [0, 0.1) is 51.1 Å². The van der Waals surface area contributed by atoms with E-state index in [1.54, 1.807) is 74.1 Å². The molecule has 0 spiro atoms. The van der Waals surface area contributed by atoms with E-state index in [1.165, 1.54) is 67.2 Å². The van der Waals surface area contributed by atoms with Crippen LogP contribution in [0.5, 0.6) is 0 Å². The van der Waals surface area contributed by atoms with Crippen molar-refractivity contribution in [3.8, 4) is 89.5 Å². The van der Waals surface area contributed by atoms with Crippen LogP contribution in [0.25, 0.3) is 128 Å². The average molecular weight is 1620 g/mol. The molecule has 3 aliphatic heterocycles. The number of likely N-dealkylation sites (N-methyl/N-ethyl adjacent to an activating group) is 2. The van der Waals surface area contributed by atoms with Gasteiger partial charge in [-0.15, -0.1) is 0 Å². The molecule has 19 rings (SSSR count). The van der Waals surface area contributed by atoms with Crippen molar-refractivity contribution in [1.82, 2.24) is 82.5 Å². The Morgan fingerprint density at radius 1 is 0.322 bits per heavy atom. The number of hydrogen-bond donors (Lipinski definition) is 0. The van der Waals surface area contributed by atoms with Gasteiger partial charge in [0, 0.05) is 173 Å². The lowest BCUT2D eigenvalue weighted by molar-refractivity contribution is 0.0369. The largest absolute Gasteiger partial charge is 0.379 e. The number of piperazine rings is 2. The van der Waals surface area contributed by atoms with Crippen molar-refractivity contribution >= 4 is 38.7 Å². The van der Waals surface area contributed by atoms with Crippen molar-refractivity contribution in [2.24, 2.45) is 0 Å². The summed E-state index contributed by atoms with van der Waals surface area (Å²) in [4.78, 5) is 48.5. The van der Waals surface area contributed by atoms with Crippen LogP contribution >= 0.6 is 0 Å². The zero-order valence-corrected chi connectivity index (χ0v) is 69.5. The standard InChI is InChI=1S/C27H30FN5.C27H31N5.C26H27FN4O.C19H13F2N3/c1-20-17-22(6-8-24(20)28)27-23(5-3-10-29-27)21-7-9-25-26(18-21)33(19-30-25)12-4-11-32-15-13-31(2)14-16-32;1-21-6-3-7-23(18-21)27-24(8-4-11-28-27)22-9-10-25-26(19-22)32(20-29-25)13-5-12-31-16-14-30(2)15-17-31;1-19-16-21(5-7-23(19)27)26-22(4-2-9-28-26)20-6-8-24-25(17-20)31(18-29-24)11-3-10-30-12-14-32-15-13-30;1-12-9-13(4-6-16(12)20)19-15(3-2-8-22-19)14-5-7-18-23-17(21)11-24(18)10-14/h3,5-10,17-19H,4,11-16H2,1-2H3;3-4,6-11,18-20H,5,12-17H2,1-2H3;2,4-9,16-18H,3,10-15H2,1H3;2-11H,1H3. The summed E-state index contributed by atoms with van der Waals surface area (Å²) in [5.74, 6) is -1.16. The maximum Gasteiger partial charge on any atom is 0.231 e. The number of imidazole rings is 4. The van der Waals surface area contributed by atoms with Crippen LogP contribution in [-0.2, 0) is 24.4 Å². The molecule has 3 fully saturated rings. The van der Waals surface area contributed by atoms with Crippen LogP contribution in [0.4, 0.5) is 17.6 Å². The van der Waals surface area contributed by atoms with Gasteiger partial charge < -0.3 is 42.4 Å². The molecule has 616 valence electrons. The molecule has 0 saturated carbocycles. The molecule has 18 nitrogen and oxygen atoms in total. The number of rotatable bonds is 20. The van der Waals surface area contributed by atoms with Crippen LogP contribution in [0.2, 0.25) is 0 Å². The molecule has 22 heteroatoms. The predicted molar refractivity (Wildman–Crippen MR) is 477 cm³/mol. The average Bonchev–Trinajstić information content (AvgIpc) is 1.74. The fraction of sp³-hybridized carbons (Fsp3) is 0.273. The molecular weight excluding hydrogens is 1520 g/mol. The molecule has 0 bridgehead atoms. The predicted octanol–water partition coefficient (Wildman–Crippen LogP) is 19.1. The first kappa shape index (κ1) is 82.4. The molecule has 0 aliphatic carbocycles. The molecule has 0 amide bonds. The van der Waals surface area contributed by atoms with Gasteiger partial charge in [0.2, 0.25) is 5.95 Å². The monoisotopic (exact) mass is 1620 g/mol. The number of hydrogen-bond acceptors (Lipinski definition) is 14. The molecule has 9 aromatic heterocycles. The molecule has 0 radical (unpaired) electrons. The molecule has 0 atom stereocenters. The quantitative estimate of drug-likeness (QED) is 0.0666. The summed E-state index contributed by atoms with van der Waals surface area (Å²) in [6.07, 6.45) is 19.5. The van der Waals surface area contributed by atoms with Crippen molar-refractivity contribution in [3.05, 3.63) is 296 Å². The van der Waals surface area contributed by atoms with Gasteiger partial charge in [-0.25, -0.2) is 33.1 Å². The number of aromatic nitrogens is 12. The van der Waals surface area contributed by atoms with E-state index in [0.717, 1.165) is 223 Å². The third-order valence-corrected chi connectivity index (χ3v) is 23.3. The number of pyridine rings is 5. The minimum Gasteiger partial charge on any atom is -0.379 e. The number of nitrogens with zero attached hydrogens (tertiary/aromatic N) is 17. The zero-order valence-electron chi connectivity index (χ0n) is 69.5. The Balaban J connectivity index is 0.000000121. The Labute approximate surface area is 704 Å². The third-order valence-electron chi connectivity index (χ3n) is 23.3. The summed E-state index contributed by atoms with van der Waals surface area (Å²) < 4.78 is 68.3. The normalized spacial score (nSPS) is 14.4. The first-order valence-electron chi connectivity index (χ1n) is 41.9. The van der Waals surface area contributed by atoms with E-state index in [1.807, 2.05) is 79.9 Å². The van der Waals surface area contributed by atoms with E-state index in [4.69, 9.17) is 9.72 Å². The highest BCUT2D eigenvalue weighted by Crippen LogP contribution is 2.38. The van der Waals surface area contributed by atoms with Gasteiger partial charge in [-0.2, -0.15) is 4.39 Å². The minimum absolute atomic E-state index is 0.196. The van der Waals surface area contributed by atoms with Gasteiger partial charge in [0.15, 0.2) is 0 Å². The van der Waals surface area contributed by atoms with E-state index in [9.17, 15) is 17.6 Å². The summed E-state index contributed by atoms with van der Waals surface area (Å²) in [5.41, 5.74) is 25.7. The second kappa shape index (κ2) is 38.4. The van der Waals surface area contributed by atoms with Gasteiger partial charge in [0.1, 0.15) is 23.1 Å². The minimum atomic E-state index is -0.521. The van der Waals surface area contributed by atoms with Gasteiger partial charge in [-0.3, -0.25) is 24.8 Å². The SMILES string of the molecule is Cc1cc(-c2ncccc2-c2ccc3nc(F)cn3c2)ccc1F.Cc1cc(-c2ncccc2-c2ccc3ncn(CCCN4CCN(C)CC4)c3c2)ccc1F.Cc1cc(-c2ncccc2-c2ccc3ncn(CCCN4CCOCC4)c3c2)ccc1F.Cc1cccc(-c2ncccc2-c2ccc3ncn(CCCN4CCN(C)CC4)c3c2)c1. The lowest BCUT2D eigenvalue weighted by Gasteiger charge is -2.32. The Hall–Kier alpha value is -12.3. The fourth-order valence-corrected chi connectivity index (χ4v) is 16.3. The third kappa shape index (κ3) is 19.9. The van der Waals surface area contributed by atoms with Crippen LogP contribution < -0.4 is 0 Å². The van der Waals surface area contributed by atoms with Crippen molar-refractivity contribution in [3.63, 3.8) is 0 Å². The van der Waals surface area contributed by atoms with Crippen molar-refractivity contribution in [2.45, 2.75) is 66.6 Å². The summed E-state index contributed by atoms with van der Waals surface area (Å²) in [6.45, 7) is 26.6. The highest BCUT2D eigenvalue weighted by atomic mass is 19.1. The molecule has 16 aromatic rings. The second-order valence-electron chi connectivity index (χ2n) is 31.8. The molecule has 3 aliphatic rings. The van der Waals surface area contributed by atoms with Crippen LogP contribution in [0.1, 0.15) is 41.5 Å². The molecule has 121 heavy (non-hydrogen) atoms. The van der Waals surface area contributed by atoms with Crippen molar-refractivity contribution in [2.75, 3.05) is 112 Å². The zero-order chi connectivity index (χ0) is 83.3. The number of fused-ring (bicyclic) bond motifs is 4. The molecule has 12 heterocycles. The maximum atomic E-state index is 13.8. The number of ether oxygens (including phenoxy) is 1. The van der Waals surface area contributed by atoms with E-state index in [0.29, 0.717) is 22.3 Å². The van der Waals surface area contributed by atoms with Gasteiger partial charge in [-0.05, 0) is 241 Å². The summed E-state index contributed by atoms with van der Waals surface area (Å²) >= 11 is 0. The Bertz CT molecular complexity index is 6250. The molecule has 3 saturated heterocycles. The molecule has 0 unspecified atom stereocenters. The molecular formula is C99H101F4N17O. The van der Waals surface area contributed by atoms with Crippen molar-refractivity contribution in [1.29, 1.82) is 0 Å². The van der Waals surface area contributed by atoms with Gasteiger partial charge >= 0.3 is 0 Å². The highest BCUT2D eigenvalue weighted by Gasteiger charge is 2.21. The highest BCUT2D eigenvalue weighted by molar-refractivity contribution is 5.91. The second-order valence-corrected chi connectivity index (χ2v) is 31.8. The number of morpholine rings is 1. The van der Waals surface area contributed by atoms with E-state index in [2.05, 4.69) is 191 Å². The maximum absolute atomic E-state index is 13.8. The molecule has 7 aromatic carbocycles. The lowest BCUT2D eigenvalue weighted by atomic mass is 9.98. The summed E-state index contributed by atoms with van der Waals surface area (Å²) in [5, 5.41) is 0. The van der Waals surface area contributed by atoms with Gasteiger partial charge in [0.05, 0.1) is 94.3 Å².